The predicted molar refractivity (Wildman–Crippen MR) is 94.4 cm³/mol. The summed E-state index contributed by atoms with van der Waals surface area (Å²) in [5.41, 5.74) is 1.50. The molecule has 2 atom stereocenters. The molecule has 4 heteroatoms. The van der Waals surface area contributed by atoms with E-state index in [-0.39, 0.29) is 5.97 Å². The highest BCUT2D eigenvalue weighted by atomic mass is 16.6. The van der Waals surface area contributed by atoms with Crippen LogP contribution in [-0.4, -0.2) is 25.2 Å². The summed E-state index contributed by atoms with van der Waals surface area (Å²) in [6.07, 6.45) is 1.52. The van der Waals surface area contributed by atoms with E-state index in [4.69, 9.17) is 9.47 Å². The first-order valence-corrected chi connectivity index (χ1v) is 8.49. The van der Waals surface area contributed by atoms with Crippen LogP contribution in [0.3, 0.4) is 0 Å². The van der Waals surface area contributed by atoms with Crippen molar-refractivity contribution in [1.29, 1.82) is 0 Å². The fourth-order valence-corrected chi connectivity index (χ4v) is 3.62. The molecule has 3 rings (SSSR count). The van der Waals surface area contributed by atoms with Gasteiger partial charge in [-0.05, 0) is 43.9 Å². The Morgan fingerprint density at radius 2 is 1.72 bits per heavy atom. The fourth-order valence-electron chi connectivity index (χ4n) is 3.62. The van der Waals surface area contributed by atoms with Crippen molar-refractivity contribution in [1.82, 2.24) is 0 Å². The average molecular weight is 338 g/mol. The molecule has 2 aromatic rings. The molecule has 1 fully saturated rings. The second-order valence-corrected chi connectivity index (χ2v) is 6.48. The molecular formula is C21H22O4. The number of hydrogen-bond donors (Lipinski definition) is 0. The molecule has 0 heterocycles. The molecule has 1 aliphatic carbocycles. The van der Waals surface area contributed by atoms with Gasteiger partial charge in [0, 0.05) is 0 Å². The number of carbonyl (C=O) groups is 2. The van der Waals surface area contributed by atoms with E-state index < -0.39 is 17.5 Å². The van der Waals surface area contributed by atoms with Crippen LogP contribution in [0.2, 0.25) is 0 Å². The van der Waals surface area contributed by atoms with Crippen molar-refractivity contribution >= 4 is 11.9 Å². The number of aryl methyl sites for hydroxylation is 1. The van der Waals surface area contributed by atoms with Crippen LogP contribution in [0.1, 0.15) is 40.7 Å². The number of ether oxygens (including phenoxy) is 2. The van der Waals surface area contributed by atoms with Gasteiger partial charge in [-0.2, -0.15) is 0 Å². The van der Waals surface area contributed by atoms with E-state index in [2.05, 4.69) is 0 Å². The van der Waals surface area contributed by atoms with Crippen molar-refractivity contribution in [3.63, 3.8) is 0 Å². The molecule has 4 nitrogen and oxygen atoms in total. The van der Waals surface area contributed by atoms with Crippen LogP contribution in [0.4, 0.5) is 0 Å². The smallest absolute Gasteiger partial charge is 0.338 e. The van der Waals surface area contributed by atoms with E-state index in [9.17, 15) is 9.59 Å². The monoisotopic (exact) mass is 338 g/mol. The lowest BCUT2D eigenvalue weighted by atomic mass is 9.76. The fraction of sp³-hybridized carbons (Fsp3) is 0.333. The molecular weight excluding hydrogens is 316 g/mol. The van der Waals surface area contributed by atoms with Gasteiger partial charge in [0.2, 0.25) is 0 Å². The summed E-state index contributed by atoms with van der Waals surface area (Å²) >= 11 is 0. The first-order valence-electron chi connectivity index (χ1n) is 8.49. The molecule has 0 aromatic heterocycles. The van der Waals surface area contributed by atoms with E-state index in [1.165, 1.54) is 7.11 Å². The maximum absolute atomic E-state index is 12.7. The van der Waals surface area contributed by atoms with Crippen LogP contribution < -0.4 is 0 Å². The molecule has 2 unspecified atom stereocenters. The SMILES string of the molecule is COC(=O)C1(c2ccc(C)cc2)CCCC1OC(=O)c1ccccc1. The van der Waals surface area contributed by atoms with Crippen LogP contribution in [0.25, 0.3) is 0 Å². The van der Waals surface area contributed by atoms with E-state index in [1.54, 1.807) is 24.3 Å². The summed E-state index contributed by atoms with van der Waals surface area (Å²) in [6, 6.07) is 16.6. The Morgan fingerprint density at radius 3 is 2.36 bits per heavy atom. The summed E-state index contributed by atoms with van der Waals surface area (Å²) < 4.78 is 10.9. The lowest BCUT2D eigenvalue weighted by Gasteiger charge is -2.32. The highest BCUT2D eigenvalue weighted by Crippen LogP contribution is 2.44. The minimum absolute atomic E-state index is 0.347. The van der Waals surface area contributed by atoms with Crippen LogP contribution in [-0.2, 0) is 19.7 Å². The summed E-state index contributed by atoms with van der Waals surface area (Å²) in [6.45, 7) is 2.00. The Kier molecular flexibility index (Phi) is 4.88. The van der Waals surface area contributed by atoms with E-state index in [1.807, 2.05) is 37.3 Å². The number of esters is 2. The van der Waals surface area contributed by atoms with Crippen LogP contribution in [0, 0.1) is 6.92 Å². The van der Waals surface area contributed by atoms with E-state index in [0.717, 1.165) is 17.5 Å². The van der Waals surface area contributed by atoms with Crippen molar-refractivity contribution < 1.29 is 19.1 Å². The highest BCUT2D eigenvalue weighted by molar-refractivity contribution is 5.91. The van der Waals surface area contributed by atoms with Crippen molar-refractivity contribution in [3.05, 3.63) is 71.3 Å². The molecule has 0 amide bonds. The molecule has 25 heavy (non-hydrogen) atoms. The predicted octanol–water partition coefficient (Wildman–Crippen LogP) is 3.82. The number of rotatable bonds is 4. The maximum Gasteiger partial charge on any atom is 0.338 e. The normalized spacial score (nSPS) is 22.4. The van der Waals surface area contributed by atoms with Crippen molar-refractivity contribution in [2.45, 2.75) is 37.7 Å². The number of benzene rings is 2. The Bertz CT molecular complexity index is 751. The van der Waals surface area contributed by atoms with Crippen LogP contribution in [0.5, 0.6) is 0 Å². The quantitative estimate of drug-likeness (QED) is 0.796. The van der Waals surface area contributed by atoms with Gasteiger partial charge < -0.3 is 9.47 Å². The molecule has 0 saturated heterocycles. The Hall–Kier alpha value is -2.62. The van der Waals surface area contributed by atoms with Gasteiger partial charge in [-0.3, -0.25) is 4.79 Å². The second kappa shape index (κ2) is 7.09. The van der Waals surface area contributed by atoms with Gasteiger partial charge >= 0.3 is 11.9 Å². The van der Waals surface area contributed by atoms with Crippen LogP contribution >= 0.6 is 0 Å². The largest absolute Gasteiger partial charge is 0.468 e. The van der Waals surface area contributed by atoms with Gasteiger partial charge in [0.15, 0.2) is 0 Å². The molecule has 0 spiro atoms. The van der Waals surface area contributed by atoms with Gasteiger partial charge in [0.1, 0.15) is 11.5 Å². The molecule has 2 aromatic carbocycles. The Labute approximate surface area is 147 Å². The van der Waals surface area contributed by atoms with Gasteiger partial charge in [-0.15, -0.1) is 0 Å². The van der Waals surface area contributed by atoms with Crippen molar-refractivity contribution in [2.24, 2.45) is 0 Å². The molecule has 0 radical (unpaired) electrons. The van der Waals surface area contributed by atoms with Crippen molar-refractivity contribution in [3.8, 4) is 0 Å². The molecule has 1 aliphatic rings. The zero-order valence-corrected chi connectivity index (χ0v) is 14.5. The van der Waals surface area contributed by atoms with Gasteiger partial charge in [-0.1, -0.05) is 48.0 Å². The highest BCUT2D eigenvalue weighted by Gasteiger charge is 2.53. The van der Waals surface area contributed by atoms with Crippen LogP contribution in [0.15, 0.2) is 54.6 Å². The Morgan fingerprint density at radius 1 is 1.04 bits per heavy atom. The van der Waals surface area contributed by atoms with Gasteiger partial charge in [0.05, 0.1) is 12.7 Å². The summed E-state index contributed by atoms with van der Waals surface area (Å²) in [4.78, 5) is 25.2. The zero-order chi connectivity index (χ0) is 17.9. The standard InChI is InChI=1S/C21H22O4/c1-15-10-12-17(13-11-15)21(20(23)24-2)14-6-9-18(21)25-19(22)16-7-4-3-5-8-16/h3-5,7-8,10-13,18H,6,9,14H2,1-2H3. The molecule has 0 N–H and O–H groups in total. The van der Waals surface area contributed by atoms with Gasteiger partial charge in [0.25, 0.3) is 0 Å². The first kappa shape index (κ1) is 17.2. The average Bonchev–Trinajstić information content (AvgIpc) is 3.06. The minimum Gasteiger partial charge on any atom is -0.468 e. The minimum atomic E-state index is -0.938. The number of methoxy groups -OCH3 is 1. The lowest BCUT2D eigenvalue weighted by Crippen LogP contribution is -2.45. The van der Waals surface area contributed by atoms with E-state index >= 15 is 0 Å². The third-order valence-electron chi connectivity index (χ3n) is 4.96. The second-order valence-electron chi connectivity index (χ2n) is 6.48. The zero-order valence-electron chi connectivity index (χ0n) is 14.5. The maximum atomic E-state index is 12.7. The third kappa shape index (κ3) is 3.16. The van der Waals surface area contributed by atoms with Crippen molar-refractivity contribution in [2.75, 3.05) is 7.11 Å². The van der Waals surface area contributed by atoms with E-state index in [0.29, 0.717) is 18.4 Å². The number of hydrogen-bond acceptors (Lipinski definition) is 4. The molecule has 0 aliphatic heterocycles. The summed E-state index contributed by atoms with van der Waals surface area (Å²) in [7, 11) is 1.38. The summed E-state index contributed by atoms with van der Waals surface area (Å²) in [5.74, 6) is -0.757. The topological polar surface area (TPSA) is 52.6 Å². The first-order chi connectivity index (χ1) is 12.1. The third-order valence-corrected chi connectivity index (χ3v) is 4.96. The summed E-state index contributed by atoms with van der Waals surface area (Å²) in [5, 5.41) is 0. The molecule has 1 saturated carbocycles. The lowest BCUT2D eigenvalue weighted by molar-refractivity contribution is -0.151. The van der Waals surface area contributed by atoms with Gasteiger partial charge in [-0.25, -0.2) is 4.79 Å². The Balaban J connectivity index is 1.95. The number of carbonyl (C=O) groups excluding carboxylic acids is 2. The molecule has 130 valence electrons. The molecule has 0 bridgehead atoms.